The largest absolute Gasteiger partial charge is 0.396 e. The van der Waals surface area contributed by atoms with Gasteiger partial charge in [0.1, 0.15) is 5.82 Å². The standard InChI is InChI=1S/C10H9FN2O/c1-13-9-5-8(12)7(11)4-6(9)2-3-10(13)14/h2-5H,12H2,1H3. The Hall–Kier alpha value is -1.84. The molecule has 4 heteroatoms. The van der Waals surface area contributed by atoms with Crippen LogP contribution in [0.2, 0.25) is 0 Å². The van der Waals surface area contributed by atoms with Crippen molar-refractivity contribution in [3.05, 3.63) is 40.4 Å². The second-order valence-electron chi connectivity index (χ2n) is 3.16. The van der Waals surface area contributed by atoms with Crippen molar-refractivity contribution < 1.29 is 4.39 Å². The molecule has 0 saturated heterocycles. The lowest BCUT2D eigenvalue weighted by atomic mass is 10.2. The average Bonchev–Trinajstić information content (AvgIpc) is 2.15. The first-order valence-electron chi connectivity index (χ1n) is 4.14. The summed E-state index contributed by atoms with van der Waals surface area (Å²) >= 11 is 0. The summed E-state index contributed by atoms with van der Waals surface area (Å²) < 4.78 is 14.5. The van der Waals surface area contributed by atoms with Gasteiger partial charge in [0.15, 0.2) is 0 Å². The van der Waals surface area contributed by atoms with Crippen LogP contribution in [0.5, 0.6) is 0 Å². The van der Waals surface area contributed by atoms with E-state index >= 15 is 0 Å². The van der Waals surface area contributed by atoms with Crippen molar-refractivity contribution in [2.75, 3.05) is 5.73 Å². The van der Waals surface area contributed by atoms with Crippen LogP contribution in [-0.4, -0.2) is 4.57 Å². The molecule has 0 saturated carbocycles. The number of pyridine rings is 1. The van der Waals surface area contributed by atoms with E-state index in [0.717, 1.165) is 0 Å². The number of halogens is 1. The molecule has 2 N–H and O–H groups in total. The number of nitrogens with zero attached hydrogens (tertiary/aromatic N) is 1. The Balaban J connectivity index is 2.97. The number of hydrogen-bond donors (Lipinski definition) is 1. The van der Waals surface area contributed by atoms with E-state index < -0.39 is 5.82 Å². The molecule has 0 amide bonds. The van der Waals surface area contributed by atoms with Crippen LogP contribution in [0.3, 0.4) is 0 Å². The molecule has 0 atom stereocenters. The first-order chi connectivity index (χ1) is 6.59. The molecule has 3 nitrogen and oxygen atoms in total. The molecule has 0 bridgehead atoms. The lowest BCUT2D eigenvalue weighted by Crippen LogP contribution is -2.15. The zero-order chi connectivity index (χ0) is 10.3. The molecular weight excluding hydrogens is 183 g/mol. The fourth-order valence-corrected chi connectivity index (χ4v) is 1.41. The number of benzene rings is 1. The van der Waals surface area contributed by atoms with Gasteiger partial charge in [-0.15, -0.1) is 0 Å². The number of anilines is 1. The summed E-state index contributed by atoms with van der Waals surface area (Å²) in [4.78, 5) is 11.3. The minimum atomic E-state index is -0.462. The third-order valence-electron chi connectivity index (χ3n) is 2.24. The Morgan fingerprint density at radius 3 is 2.79 bits per heavy atom. The molecule has 0 fully saturated rings. The zero-order valence-corrected chi connectivity index (χ0v) is 7.62. The van der Waals surface area contributed by atoms with Gasteiger partial charge in [0.05, 0.1) is 11.2 Å². The molecule has 0 aliphatic rings. The molecule has 1 aromatic carbocycles. The van der Waals surface area contributed by atoms with E-state index in [1.165, 1.54) is 22.8 Å². The number of hydrogen-bond acceptors (Lipinski definition) is 2. The van der Waals surface area contributed by atoms with Gasteiger partial charge in [-0.25, -0.2) is 4.39 Å². The minimum Gasteiger partial charge on any atom is -0.396 e. The summed E-state index contributed by atoms with van der Waals surface area (Å²) in [6, 6.07) is 5.77. The van der Waals surface area contributed by atoms with Crippen LogP contribution in [0.1, 0.15) is 0 Å². The highest BCUT2D eigenvalue weighted by molar-refractivity contribution is 5.82. The molecule has 0 aliphatic heterocycles. The van der Waals surface area contributed by atoms with Crippen LogP contribution >= 0.6 is 0 Å². The Morgan fingerprint density at radius 1 is 1.36 bits per heavy atom. The first kappa shape index (κ1) is 8.74. The summed E-state index contributed by atoms with van der Waals surface area (Å²) in [5, 5.41) is 0.666. The maximum atomic E-state index is 13.1. The van der Waals surface area contributed by atoms with Gasteiger partial charge in [0.25, 0.3) is 5.56 Å². The molecule has 0 radical (unpaired) electrons. The van der Waals surface area contributed by atoms with Crippen LogP contribution in [0.15, 0.2) is 29.1 Å². The fraction of sp³-hybridized carbons (Fsp3) is 0.100. The van der Waals surface area contributed by atoms with Gasteiger partial charge < -0.3 is 10.3 Å². The number of aromatic nitrogens is 1. The molecule has 0 aliphatic carbocycles. The van der Waals surface area contributed by atoms with Crippen molar-refractivity contribution in [3.63, 3.8) is 0 Å². The maximum Gasteiger partial charge on any atom is 0.250 e. The van der Waals surface area contributed by atoms with Gasteiger partial charge in [-0.2, -0.15) is 0 Å². The molecule has 1 heterocycles. The van der Waals surface area contributed by atoms with Gasteiger partial charge in [-0.05, 0) is 18.2 Å². The molecule has 2 aromatic rings. The van der Waals surface area contributed by atoms with E-state index in [2.05, 4.69) is 0 Å². The predicted octanol–water partition coefficient (Wildman–Crippen LogP) is 1.26. The Kier molecular flexibility index (Phi) is 1.77. The fourth-order valence-electron chi connectivity index (χ4n) is 1.41. The van der Waals surface area contributed by atoms with Crippen LogP contribution in [0, 0.1) is 5.82 Å². The molecule has 72 valence electrons. The molecule has 0 spiro atoms. The number of aryl methyl sites for hydroxylation is 1. The van der Waals surface area contributed by atoms with Gasteiger partial charge in [-0.3, -0.25) is 4.79 Å². The summed E-state index contributed by atoms with van der Waals surface area (Å²) in [5.41, 5.74) is 5.97. The first-order valence-corrected chi connectivity index (χ1v) is 4.14. The van der Waals surface area contributed by atoms with E-state index in [1.807, 2.05) is 0 Å². The SMILES string of the molecule is Cn1c(=O)ccc2cc(F)c(N)cc21. The maximum absolute atomic E-state index is 13.1. The van der Waals surface area contributed by atoms with Crippen molar-refractivity contribution in [1.29, 1.82) is 0 Å². The van der Waals surface area contributed by atoms with E-state index in [1.54, 1.807) is 13.1 Å². The van der Waals surface area contributed by atoms with Crippen LogP contribution in [0.4, 0.5) is 10.1 Å². The number of rotatable bonds is 0. The van der Waals surface area contributed by atoms with Crippen molar-refractivity contribution in [2.45, 2.75) is 0 Å². The normalized spacial score (nSPS) is 10.7. The topological polar surface area (TPSA) is 48.0 Å². The Bertz CT molecular complexity index is 560. The second-order valence-corrected chi connectivity index (χ2v) is 3.16. The highest BCUT2D eigenvalue weighted by Crippen LogP contribution is 2.18. The van der Waals surface area contributed by atoms with Crippen LogP contribution in [0.25, 0.3) is 10.9 Å². The predicted molar refractivity (Wildman–Crippen MR) is 53.6 cm³/mol. The molecule has 1 aromatic heterocycles. The van der Waals surface area contributed by atoms with Crippen molar-refractivity contribution >= 4 is 16.6 Å². The van der Waals surface area contributed by atoms with E-state index in [-0.39, 0.29) is 11.2 Å². The van der Waals surface area contributed by atoms with Crippen LogP contribution < -0.4 is 11.3 Å². The van der Waals surface area contributed by atoms with E-state index in [4.69, 9.17) is 5.73 Å². The van der Waals surface area contributed by atoms with Crippen molar-refractivity contribution in [1.82, 2.24) is 4.57 Å². The van der Waals surface area contributed by atoms with Gasteiger partial charge in [0, 0.05) is 18.5 Å². The van der Waals surface area contributed by atoms with Gasteiger partial charge in [-0.1, -0.05) is 0 Å². The molecular formula is C10H9FN2O. The Labute approximate surface area is 79.6 Å². The van der Waals surface area contributed by atoms with Gasteiger partial charge >= 0.3 is 0 Å². The second kappa shape index (κ2) is 2.83. The summed E-state index contributed by atoms with van der Waals surface area (Å²) in [7, 11) is 1.63. The quantitative estimate of drug-likeness (QED) is 0.639. The van der Waals surface area contributed by atoms with Gasteiger partial charge in [0.2, 0.25) is 0 Å². The number of fused-ring (bicyclic) bond motifs is 1. The third-order valence-corrected chi connectivity index (χ3v) is 2.24. The third kappa shape index (κ3) is 1.16. The van der Waals surface area contributed by atoms with E-state index in [9.17, 15) is 9.18 Å². The molecule has 14 heavy (non-hydrogen) atoms. The van der Waals surface area contributed by atoms with Crippen molar-refractivity contribution in [2.24, 2.45) is 7.05 Å². The molecule has 2 rings (SSSR count). The minimum absolute atomic E-state index is 0.0544. The zero-order valence-electron chi connectivity index (χ0n) is 7.62. The number of nitrogen functional groups attached to an aromatic ring is 1. The highest BCUT2D eigenvalue weighted by atomic mass is 19.1. The summed E-state index contributed by atoms with van der Waals surface area (Å²) in [5.74, 6) is -0.462. The number of nitrogens with two attached hydrogens (primary N) is 1. The van der Waals surface area contributed by atoms with E-state index in [0.29, 0.717) is 10.9 Å². The lowest BCUT2D eigenvalue weighted by Gasteiger charge is -2.05. The average molecular weight is 192 g/mol. The van der Waals surface area contributed by atoms with Crippen LogP contribution in [-0.2, 0) is 7.05 Å². The van der Waals surface area contributed by atoms with Crippen molar-refractivity contribution in [3.8, 4) is 0 Å². The summed E-state index contributed by atoms with van der Waals surface area (Å²) in [6.07, 6.45) is 0. The Morgan fingerprint density at radius 2 is 2.07 bits per heavy atom. The molecule has 0 unspecified atom stereocenters. The smallest absolute Gasteiger partial charge is 0.250 e. The summed E-state index contributed by atoms with van der Waals surface area (Å²) in [6.45, 7) is 0. The monoisotopic (exact) mass is 192 g/mol. The lowest BCUT2D eigenvalue weighted by molar-refractivity contribution is 0.634. The highest BCUT2D eigenvalue weighted by Gasteiger charge is 2.03.